The van der Waals surface area contributed by atoms with E-state index in [0.717, 1.165) is 22.4 Å². The van der Waals surface area contributed by atoms with Crippen LogP contribution in [0.1, 0.15) is 28.6 Å². The lowest BCUT2D eigenvalue weighted by Crippen LogP contribution is -2.28. The van der Waals surface area contributed by atoms with Crippen molar-refractivity contribution in [3.63, 3.8) is 0 Å². The van der Waals surface area contributed by atoms with Gasteiger partial charge in [0.2, 0.25) is 0 Å². The summed E-state index contributed by atoms with van der Waals surface area (Å²) in [6.45, 7) is 4.61. The average Bonchev–Trinajstić information content (AvgIpc) is 2.88. The first kappa shape index (κ1) is 17.7. The van der Waals surface area contributed by atoms with Crippen molar-refractivity contribution in [2.45, 2.75) is 26.3 Å². The number of rotatable bonds is 5. The molecule has 0 radical (unpaired) electrons. The van der Waals surface area contributed by atoms with Crippen LogP contribution in [0.3, 0.4) is 0 Å². The van der Waals surface area contributed by atoms with E-state index in [1.54, 1.807) is 0 Å². The van der Waals surface area contributed by atoms with Gasteiger partial charge < -0.3 is 11.1 Å². The van der Waals surface area contributed by atoms with Crippen molar-refractivity contribution >= 4 is 29.7 Å². The maximum absolute atomic E-state index is 12.2. The predicted molar refractivity (Wildman–Crippen MR) is 92.3 cm³/mol. The molecule has 1 atom stereocenters. The molecule has 0 saturated carbocycles. The van der Waals surface area contributed by atoms with Gasteiger partial charge in [-0.05, 0) is 37.3 Å². The maximum Gasteiger partial charge on any atom is 0.261 e. The van der Waals surface area contributed by atoms with Crippen LogP contribution in [0.2, 0.25) is 0 Å². The zero-order chi connectivity index (χ0) is 14.5. The number of carbonyl (C=O) groups excluding carboxylic acids is 1. The zero-order valence-electron chi connectivity index (χ0n) is 12.3. The molecule has 0 bridgehead atoms. The number of hydrogen-bond donors (Lipinski definition) is 2. The van der Waals surface area contributed by atoms with E-state index in [2.05, 4.69) is 36.5 Å². The number of amides is 1. The number of nitrogens with one attached hydrogen (secondary N) is 1. The molecule has 2 aromatic rings. The summed E-state index contributed by atoms with van der Waals surface area (Å²) in [5, 5.41) is 4.88. The van der Waals surface area contributed by atoms with E-state index in [1.807, 2.05) is 18.4 Å². The zero-order valence-corrected chi connectivity index (χ0v) is 13.9. The summed E-state index contributed by atoms with van der Waals surface area (Å²) in [5.41, 5.74) is 8.97. The van der Waals surface area contributed by atoms with Crippen LogP contribution in [0.4, 0.5) is 0 Å². The van der Waals surface area contributed by atoms with Gasteiger partial charge in [-0.3, -0.25) is 4.79 Å². The Morgan fingerprint density at radius 2 is 1.95 bits per heavy atom. The monoisotopic (exact) mass is 324 g/mol. The van der Waals surface area contributed by atoms with Crippen molar-refractivity contribution in [3.05, 3.63) is 46.2 Å². The molecule has 3 N–H and O–H groups in total. The molecule has 5 heteroatoms. The molecule has 3 nitrogen and oxygen atoms in total. The molecule has 0 aliphatic rings. The highest BCUT2D eigenvalue weighted by molar-refractivity contribution is 7.12. The molecule has 1 amide bonds. The van der Waals surface area contributed by atoms with Gasteiger partial charge in [0.25, 0.3) is 5.91 Å². The van der Waals surface area contributed by atoms with Crippen molar-refractivity contribution in [2.75, 3.05) is 6.54 Å². The molecule has 21 heavy (non-hydrogen) atoms. The second kappa shape index (κ2) is 8.17. The van der Waals surface area contributed by atoms with E-state index in [1.165, 1.54) is 16.9 Å². The van der Waals surface area contributed by atoms with Gasteiger partial charge in [-0.2, -0.15) is 0 Å². The second-order valence-corrected chi connectivity index (χ2v) is 5.97. The second-order valence-electron chi connectivity index (χ2n) is 5.05. The molecule has 1 aromatic carbocycles. The summed E-state index contributed by atoms with van der Waals surface area (Å²) >= 11 is 1.47. The van der Waals surface area contributed by atoms with Gasteiger partial charge in [-0.15, -0.1) is 23.7 Å². The van der Waals surface area contributed by atoms with Crippen LogP contribution >= 0.6 is 23.7 Å². The molecule has 0 saturated heterocycles. The van der Waals surface area contributed by atoms with E-state index in [-0.39, 0.29) is 24.4 Å². The molecule has 0 spiro atoms. The van der Waals surface area contributed by atoms with Crippen LogP contribution in [0.25, 0.3) is 11.1 Å². The average molecular weight is 325 g/mol. The van der Waals surface area contributed by atoms with Crippen LogP contribution < -0.4 is 11.1 Å². The predicted octanol–water partition coefficient (Wildman–Crippen LogP) is 3.61. The molecule has 1 aromatic heterocycles. The van der Waals surface area contributed by atoms with Gasteiger partial charge in [-0.25, -0.2) is 0 Å². The number of aryl methyl sites for hydroxylation is 1. The number of benzene rings is 1. The summed E-state index contributed by atoms with van der Waals surface area (Å²) in [7, 11) is 0. The molecule has 114 valence electrons. The third-order valence-corrected chi connectivity index (χ3v) is 4.03. The molecule has 1 unspecified atom stereocenters. The summed E-state index contributed by atoms with van der Waals surface area (Å²) in [6, 6.07) is 10.3. The lowest BCUT2D eigenvalue weighted by atomic mass is 10.0. The van der Waals surface area contributed by atoms with Crippen LogP contribution in [-0.4, -0.2) is 18.5 Å². The van der Waals surface area contributed by atoms with E-state index in [0.29, 0.717) is 6.54 Å². The third kappa shape index (κ3) is 4.84. The largest absolute Gasteiger partial charge is 0.351 e. The number of hydrogen-bond acceptors (Lipinski definition) is 3. The van der Waals surface area contributed by atoms with Crippen molar-refractivity contribution in [1.82, 2.24) is 5.32 Å². The number of carbonyl (C=O) groups is 1. The fraction of sp³-hybridized carbons (Fsp3) is 0.312. The quantitative estimate of drug-likeness (QED) is 0.882. The molecule has 0 fully saturated rings. The van der Waals surface area contributed by atoms with Crippen molar-refractivity contribution in [3.8, 4) is 11.1 Å². The normalized spacial score (nSPS) is 11.6. The minimum atomic E-state index is -0.0174. The van der Waals surface area contributed by atoms with Crippen LogP contribution in [0.5, 0.6) is 0 Å². The summed E-state index contributed by atoms with van der Waals surface area (Å²) < 4.78 is 0. The summed E-state index contributed by atoms with van der Waals surface area (Å²) in [5.74, 6) is -0.0174. The van der Waals surface area contributed by atoms with Gasteiger partial charge in [0.15, 0.2) is 0 Å². The first-order chi connectivity index (χ1) is 9.58. The molecular formula is C16H21ClN2OS. The number of thiophene rings is 1. The minimum absolute atomic E-state index is 0. The third-order valence-electron chi connectivity index (χ3n) is 3.12. The minimum Gasteiger partial charge on any atom is -0.351 e. The van der Waals surface area contributed by atoms with E-state index in [4.69, 9.17) is 5.73 Å². The molecule has 2 rings (SSSR count). The van der Waals surface area contributed by atoms with Gasteiger partial charge >= 0.3 is 0 Å². The SMILES string of the molecule is Cc1ccc(-c2ccsc2C(=O)NCCC(C)N)cc1.Cl. The Hall–Kier alpha value is -1.36. The van der Waals surface area contributed by atoms with Gasteiger partial charge in [-0.1, -0.05) is 29.8 Å². The van der Waals surface area contributed by atoms with E-state index >= 15 is 0 Å². The highest BCUT2D eigenvalue weighted by Crippen LogP contribution is 2.28. The molecular weight excluding hydrogens is 304 g/mol. The topological polar surface area (TPSA) is 55.1 Å². The Balaban J connectivity index is 0.00000220. The van der Waals surface area contributed by atoms with Gasteiger partial charge in [0, 0.05) is 18.2 Å². The van der Waals surface area contributed by atoms with Crippen molar-refractivity contribution in [2.24, 2.45) is 5.73 Å². The first-order valence-electron chi connectivity index (χ1n) is 6.76. The lowest BCUT2D eigenvalue weighted by molar-refractivity contribution is 0.0957. The van der Waals surface area contributed by atoms with Gasteiger partial charge in [0.05, 0.1) is 4.88 Å². The molecule has 0 aliphatic carbocycles. The van der Waals surface area contributed by atoms with Crippen LogP contribution in [0, 0.1) is 6.92 Å². The Bertz CT molecular complexity index is 578. The lowest BCUT2D eigenvalue weighted by Gasteiger charge is -2.08. The number of nitrogens with two attached hydrogens (primary N) is 1. The standard InChI is InChI=1S/C16H20N2OS.ClH/c1-11-3-5-13(6-4-11)14-8-10-20-15(14)16(19)18-9-7-12(2)17;/h3-6,8,10,12H,7,9,17H2,1-2H3,(H,18,19);1H. The fourth-order valence-electron chi connectivity index (χ4n) is 1.94. The summed E-state index contributed by atoms with van der Waals surface area (Å²) in [4.78, 5) is 13.0. The van der Waals surface area contributed by atoms with Crippen molar-refractivity contribution in [1.29, 1.82) is 0 Å². The highest BCUT2D eigenvalue weighted by Gasteiger charge is 2.14. The summed E-state index contributed by atoms with van der Waals surface area (Å²) in [6.07, 6.45) is 0.789. The van der Waals surface area contributed by atoms with Gasteiger partial charge in [0.1, 0.15) is 0 Å². The maximum atomic E-state index is 12.2. The van der Waals surface area contributed by atoms with Crippen LogP contribution in [-0.2, 0) is 0 Å². The Labute approximate surface area is 136 Å². The Morgan fingerprint density at radius 3 is 2.57 bits per heavy atom. The molecule has 1 heterocycles. The van der Waals surface area contributed by atoms with E-state index < -0.39 is 0 Å². The first-order valence-corrected chi connectivity index (χ1v) is 7.64. The smallest absolute Gasteiger partial charge is 0.261 e. The molecule has 0 aliphatic heterocycles. The highest BCUT2D eigenvalue weighted by atomic mass is 35.5. The number of halogens is 1. The Kier molecular flexibility index (Phi) is 6.89. The van der Waals surface area contributed by atoms with E-state index in [9.17, 15) is 4.79 Å². The Morgan fingerprint density at radius 1 is 1.29 bits per heavy atom. The van der Waals surface area contributed by atoms with Crippen molar-refractivity contribution < 1.29 is 4.79 Å². The van der Waals surface area contributed by atoms with Crippen LogP contribution in [0.15, 0.2) is 35.7 Å². The fourth-order valence-corrected chi connectivity index (χ4v) is 2.77.